The van der Waals surface area contributed by atoms with Crippen LogP contribution in [0.5, 0.6) is 0 Å². The first kappa shape index (κ1) is 12.9. The fraction of sp³-hybridized carbons (Fsp3) is 0.571. The van der Waals surface area contributed by atoms with Gasteiger partial charge in [0.1, 0.15) is 5.69 Å². The van der Waals surface area contributed by atoms with E-state index in [1.165, 1.54) is 19.3 Å². The Labute approximate surface area is 108 Å². The number of amides is 1. The van der Waals surface area contributed by atoms with Gasteiger partial charge in [-0.3, -0.25) is 4.79 Å². The summed E-state index contributed by atoms with van der Waals surface area (Å²) in [5.41, 5.74) is 1.45. The van der Waals surface area contributed by atoms with E-state index in [4.69, 9.17) is 0 Å². The summed E-state index contributed by atoms with van der Waals surface area (Å²) in [6.07, 6.45) is 7.64. The van der Waals surface area contributed by atoms with Crippen molar-refractivity contribution in [3.8, 4) is 0 Å². The summed E-state index contributed by atoms with van der Waals surface area (Å²) in [5, 5.41) is 6.23. The van der Waals surface area contributed by atoms with E-state index in [-0.39, 0.29) is 5.91 Å². The summed E-state index contributed by atoms with van der Waals surface area (Å²) in [4.78, 5) is 16.2. The van der Waals surface area contributed by atoms with Crippen molar-refractivity contribution in [1.29, 1.82) is 0 Å². The second-order valence-electron chi connectivity index (χ2n) is 4.77. The number of nitrogens with one attached hydrogen (secondary N) is 2. The SMILES string of the molecule is CCNc1ccc(C(=O)NC2CCCCC2)nc1. The van der Waals surface area contributed by atoms with Crippen molar-refractivity contribution < 1.29 is 4.79 Å². The summed E-state index contributed by atoms with van der Waals surface area (Å²) < 4.78 is 0. The van der Waals surface area contributed by atoms with Crippen LogP contribution >= 0.6 is 0 Å². The van der Waals surface area contributed by atoms with Crippen LogP contribution in [-0.4, -0.2) is 23.5 Å². The largest absolute Gasteiger partial charge is 0.384 e. The Morgan fingerprint density at radius 3 is 2.72 bits per heavy atom. The van der Waals surface area contributed by atoms with Crippen molar-refractivity contribution in [1.82, 2.24) is 10.3 Å². The fourth-order valence-corrected chi connectivity index (χ4v) is 2.34. The number of anilines is 1. The number of hydrogen-bond donors (Lipinski definition) is 2. The second kappa shape index (κ2) is 6.38. The summed E-state index contributed by atoms with van der Waals surface area (Å²) in [6, 6.07) is 4.00. The number of rotatable bonds is 4. The lowest BCUT2D eigenvalue weighted by atomic mass is 9.95. The zero-order valence-corrected chi connectivity index (χ0v) is 10.9. The van der Waals surface area contributed by atoms with Crippen molar-refractivity contribution >= 4 is 11.6 Å². The molecule has 0 aliphatic heterocycles. The Balaban J connectivity index is 1.91. The van der Waals surface area contributed by atoms with Crippen molar-refractivity contribution in [2.24, 2.45) is 0 Å². The molecule has 1 aromatic heterocycles. The molecular weight excluding hydrogens is 226 g/mol. The molecule has 98 valence electrons. The molecule has 4 nitrogen and oxygen atoms in total. The van der Waals surface area contributed by atoms with Crippen LogP contribution in [0.3, 0.4) is 0 Å². The molecule has 1 aliphatic rings. The average molecular weight is 247 g/mol. The molecule has 1 saturated carbocycles. The van der Waals surface area contributed by atoms with Crippen molar-refractivity contribution in [2.75, 3.05) is 11.9 Å². The molecule has 1 heterocycles. The van der Waals surface area contributed by atoms with Gasteiger partial charge in [0.05, 0.1) is 11.9 Å². The predicted octanol–water partition coefficient (Wildman–Crippen LogP) is 2.58. The third-order valence-corrected chi connectivity index (χ3v) is 3.32. The normalized spacial score (nSPS) is 16.3. The molecule has 4 heteroatoms. The van der Waals surface area contributed by atoms with Crippen LogP contribution in [0.25, 0.3) is 0 Å². The maximum absolute atomic E-state index is 12.0. The Kier molecular flexibility index (Phi) is 4.56. The van der Waals surface area contributed by atoms with Gasteiger partial charge in [-0.25, -0.2) is 4.98 Å². The zero-order chi connectivity index (χ0) is 12.8. The van der Waals surface area contributed by atoms with Crippen LogP contribution in [0.2, 0.25) is 0 Å². The zero-order valence-electron chi connectivity index (χ0n) is 10.9. The summed E-state index contributed by atoms with van der Waals surface area (Å²) >= 11 is 0. The molecule has 0 atom stereocenters. The van der Waals surface area contributed by atoms with Gasteiger partial charge in [0.25, 0.3) is 5.91 Å². The molecular formula is C14H21N3O. The van der Waals surface area contributed by atoms with E-state index < -0.39 is 0 Å². The van der Waals surface area contributed by atoms with Crippen molar-refractivity contribution in [3.05, 3.63) is 24.0 Å². The van der Waals surface area contributed by atoms with Gasteiger partial charge in [-0.1, -0.05) is 19.3 Å². The molecule has 0 bridgehead atoms. The van der Waals surface area contributed by atoms with Gasteiger partial charge >= 0.3 is 0 Å². The number of aromatic nitrogens is 1. The number of carbonyl (C=O) groups excluding carboxylic acids is 1. The Hall–Kier alpha value is -1.58. The van der Waals surface area contributed by atoms with Crippen LogP contribution in [0.4, 0.5) is 5.69 Å². The molecule has 2 N–H and O–H groups in total. The first-order valence-electron chi connectivity index (χ1n) is 6.80. The van der Waals surface area contributed by atoms with E-state index in [1.807, 2.05) is 13.0 Å². The predicted molar refractivity (Wildman–Crippen MR) is 72.7 cm³/mol. The molecule has 0 aromatic carbocycles. The van der Waals surface area contributed by atoms with E-state index >= 15 is 0 Å². The standard InChI is InChI=1S/C14H21N3O/c1-2-15-12-8-9-13(16-10-12)14(18)17-11-6-4-3-5-7-11/h8-11,15H,2-7H2,1H3,(H,17,18). The quantitative estimate of drug-likeness (QED) is 0.859. The molecule has 1 fully saturated rings. The molecule has 0 radical (unpaired) electrons. The van der Waals surface area contributed by atoms with Crippen LogP contribution in [0, 0.1) is 0 Å². The first-order valence-corrected chi connectivity index (χ1v) is 6.80. The van der Waals surface area contributed by atoms with Gasteiger partial charge in [0.2, 0.25) is 0 Å². The topological polar surface area (TPSA) is 54.0 Å². The van der Waals surface area contributed by atoms with Gasteiger partial charge in [0.15, 0.2) is 0 Å². The molecule has 0 unspecified atom stereocenters. The van der Waals surface area contributed by atoms with Gasteiger partial charge in [-0.2, -0.15) is 0 Å². The molecule has 1 amide bonds. The second-order valence-corrected chi connectivity index (χ2v) is 4.77. The van der Waals surface area contributed by atoms with Gasteiger partial charge in [0, 0.05) is 12.6 Å². The van der Waals surface area contributed by atoms with E-state index in [0.29, 0.717) is 11.7 Å². The van der Waals surface area contributed by atoms with E-state index in [2.05, 4.69) is 15.6 Å². The molecule has 2 rings (SSSR count). The highest BCUT2D eigenvalue weighted by atomic mass is 16.1. The minimum absolute atomic E-state index is 0.0510. The molecule has 0 saturated heterocycles. The minimum atomic E-state index is -0.0510. The maximum Gasteiger partial charge on any atom is 0.270 e. The van der Waals surface area contributed by atoms with E-state index in [0.717, 1.165) is 25.1 Å². The van der Waals surface area contributed by atoms with Crippen molar-refractivity contribution in [2.45, 2.75) is 45.1 Å². The van der Waals surface area contributed by atoms with Gasteiger partial charge < -0.3 is 10.6 Å². The first-order chi connectivity index (χ1) is 8.79. The van der Waals surface area contributed by atoms with E-state index in [9.17, 15) is 4.79 Å². The van der Waals surface area contributed by atoms with Crippen LogP contribution < -0.4 is 10.6 Å². The number of hydrogen-bond acceptors (Lipinski definition) is 3. The lowest BCUT2D eigenvalue weighted by Gasteiger charge is -2.22. The number of pyridine rings is 1. The van der Waals surface area contributed by atoms with Gasteiger partial charge in [-0.05, 0) is 31.9 Å². The Bertz CT molecular complexity index is 383. The number of nitrogens with zero attached hydrogens (tertiary/aromatic N) is 1. The van der Waals surface area contributed by atoms with Gasteiger partial charge in [-0.15, -0.1) is 0 Å². The number of carbonyl (C=O) groups is 1. The summed E-state index contributed by atoms with van der Waals surface area (Å²) in [5.74, 6) is -0.0510. The van der Waals surface area contributed by atoms with Crippen LogP contribution in [0.1, 0.15) is 49.5 Å². The highest BCUT2D eigenvalue weighted by Crippen LogP contribution is 2.17. The highest BCUT2D eigenvalue weighted by molar-refractivity contribution is 5.92. The molecule has 0 spiro atoms. The highest BCUT2D eigenvalue weighted by Gasteiger charge is 2.17. The smallest absolute Gasteiger partial charge is 0.270 e. The third-order valence-electron chi connectivity index (χ3n) is 3.32. The third kappa shape index (κ3) is 3.45. The van der Waals surface area contributed by atoms with E-state index in [1.54, 1.807) is 12.3 Å². The average Bonchev–Trinajstić information content (AvgIpc) is 2.41. The minimum Gasteiger partial charge on any atom is -0.384 e. The summed E-state index contributed by atoms with van der Waals surface area (Å²) in [6.45, 7) is 2.89. The fourth-order valence-electron chi connectivity index (χ4n) is 2.34. The van der Waals surface area contributed by atoms with Crippen LogP contribution in [0.15, 0.2) is 18.3 Å². The Morgan fingerprint density at radius 1 is 1.33 bits per heavy atom. The molecule has 18 heavy (non-hydrogen) atoms. The van der Waals surface area contributed by atoms with Crippen LogP contribution in [-0.2, 0) is 0 Å². The lowest BCUT2D eigenvalue weighted by Crippen LogP contribution is -2.36. The molecule has 1 aliphatic carbocycles. The summed E-state index contributed by atoms with van der Waals surface area (Å²) in [7, 11) is 0. The monoisotopic (exact) mass is 247 g/mol. The molecule has 1 aromatic rings. The lowest BCUT2D eigenvalue weighted by molar-refractivity contribution is 0.0922. The maximum atomic E-state index is 12.0. The van der Waals surface area contributed by atoms with Crippen molar-refractivity contribution in [3.63, 3.8) is 0 Å². The Morgan fingerprint density at radius 2 is 2.11 bits per heavy atom.